The van der Waals surface area contributed by atoms with E-state index in [2.05, 4.69) is 5.32 Å². The van der Waals surface area contributed by atoms with E-state index >= 15 is 0 Å². The number of hydrogen-bond donors (Lipinski definition) is 1. The molecule has 2 rings (SSSR count). The second kappa shape index (κ2) is 9.40. The predicted octanol–water partition coefficient (Wildman–Crippen LogP) is 1.25. The van der Waals surface area contributed by atoms with Gasteiger partial charge in [-0.15, -0.1) is 0 Å². The molecule has 0 saturated carbocycles. The van der Waals surface area contributed by atoms with E-state index in [1.165, 1.54) is 0 Å². The second-order valence-corrected chi connectivity index (χ2v) is 4.82. The summed E-state index contributed by atoms with van der Waals surface area (Å²) in [6.07, 6.45) is -0.0938. The lowest BCUT2D eigenvalue weighted by atomic mass is 10.2. The average molecular weight is 309 g/mol. The zero-order chi connectivity index (χ0) is 15.6. The van der Waals surface area contributed by atoms with Crippen molar-refractivity contribution in [3.8, 4) is 5.75 Å². The summed E-state index contributed by atoms with van der Waals surface area (Å²) in [5, 5.41) is 2.86. The van der Waals surface area contributed by atoms with Gasteiger partial charge < -0.3 is 24.3 Å². The molecule has 1 aromatic rings. The lowest BCUT2D eigenvalue weighted by Crippen LogP contribution is -2.39. The molecule has 0 unspecified atom stereocenters. The van der Waals surface area contributed by atoms with Crippen LogP contribution in [-0.2, 0) is 14.2 Å². The summed E-state index contributed by atoms with van der Waals surface area (Å²) in [6, 6.07) is 7.17. The molecule has 1 amide bonds. The minimum atomic E-state index is -0.179. The van der Waals surface area contributed by atoms with Gasteiger partial charge in [0.15, 0.2) is 0 Å². The predicted molar refractivity (Wildman–Crippen MR) is 81.3 cm³/mol. The van der Waals surface area contributed by atoms with Gasteiger partial charge in [-0.25, -0.2) is 0 Å². The Labute approximate surface area is 130 Å². The number of carbonyl (C=O) groups is 1. The first-order chi connectivity index (χ1) is 10.8. The molecule has 1 saturated heterocycles. The number of hydrogen-bond acceptors (Lipinski definition) is 5. The van der Waals surface area contributed by atoms with E-state index < -0.39 is 0 Å². The maximum absolute atomic E-state index is 12.3. The first-order valence-electron chi connectivity index (χ1n) is 7.58. The van der Waals surface area contributed by atoms with Crippen LogP contribution in [0.1, 0.15) is 17.3 Å². The van der Waals surface area contributed by atoms with Crippen LogP contribution in [0.3, 0.4) is 0 Å². The first kappa shape index (κ1) is 16.7. The van der Waals surface area contributed by atoms with Crippen molar-refractivity contribution >= 4 is 5.91 Å². The fraction of sp³-hybridized carbons (Fsp3) is 0.562. The van der Waals surface area contributed by atoms with Crippen LogP contribution in [0.15, 0.2) is 24.3 Å². The highest BCUT2D eigenvalue weighted by Crippen LogP contribution is 2.17. The van der Waals surface area contributed by atoms with Gasteiger partial charge in [-0.2, -0.15) is 0 Å². The van der Waals surface area contributed by atoms with Crippen molar-refractivity contribution in [2.45, 2.75) is 13.0 Å². The number of benzene rings is 1. The van der Waals surface area contributed by atoms with Crippen LogP contribution in [0.4, 0.5) is 0 Å². The Bertz CT molecular complexity index is 460. The molecule has 1 aliphatic heterocycles. The molecule has 1 atom stereocenters. The fourth-order valence-electron chi connectivity index (χ4n) is 2.09. The summed E-state index contributed by atoms with van der Waals surface area (Å²) in [5.41, 5.74) is 0.510. The van der Waals surface area contributed by atoms with Crippen LogP contribution in [0.5, 0.6) is 5.75 Å². The molecule has 122 valence electrons. The Kier molecular flexibility index (Phi) is 7.15. The zero-order valence-electron chi connectivity index (χ0n) is 12.9. The highest BCUT2D eigenvalue weighted by Gasteiger charge is 2.17. The molecule has 6 nitrogen and oxygen atoms in total. The minimum absolute atomic E-state index is 0.0938. The topological polar surface area (TPSA) is 66.0 Å². The Morgan fingerprint density at radius 1 is 1.32 bits per heavy atom. The maximum Gasteiger partial charge on any atom is 0.255 e. The van der Waals surface area contributed by atoms with Gasteiger partial charge in [0.25, 0.3) is 5.91 Å². The molecule has 1 heterocycles. The van der Waals surface area contributed by atoms with Crippen LogP contribution in [-0.4, -0.2) is 58.2 Å². The molecule has 0 radical (unpaired) electrons. The van der Waals surface area contributed by atoms with Gasteiger partial charge in [-0.1, -0.05) is 12.1 Å². The second-order valence-electron chi connectivity index (χ2n) is 4.82. The van der Waals surface area contributed by atoms with Crippen molar-refractivity contribution < 1.29 is 23.7 Å². The van der Waals surface area contributed by atoms with Crippen molar-refractivity contribution in [2.24, 2.45) is 0 Å². The van der Waals surface area contributed by atoms with Crippen LogP contribution in [0, 0.1) is 0 Å². The average Bonchev–Trinajstić information content (AvgIpc) is 2.58. The molecule has 1 N–H and O–H groups in total. The third kappa shape index (κ3) is 5.29. The van der Waals surface area contributed by atoms with E-state index in [0.717, 1.165) is 0 Å². The van der Waals surface area contributed by atoms with E-state index in [-0.39, 0.29) is 12.0 Å². The first-order valence-corrected chi connectivity index (χ1v) is 7.58. The summed E-state index contributed by atoms with van der Waals surface area (Å²) in [5.74, 6) is 0.377. The SMILES string of the molecule is CCOCCOc1ccccc1C(=O)NC[C@@H]1COCCO1. The van der Waals surface area contributed by atoms with Gasteiger partial charge in [0, 0.05) is 13.2 Å². The molecule has 0 spiro atoms. The molecule has 1 aliphatic rings. The largest absolute Gasteiger partial charge is 0.490 e. The van der Waals surface area contributed by atoms with E-state index in [1.807, 2.05) is 19.1 Å². The molecule has 6 heteroatoms. The van der Waals surface area contributed by atoms with Crippen LogP contribution >= 0.6 is 0 Å². The summed E-state index contributed by atoms with van der Waals surface area (Å²) < 4.78 is 21.6. The number of amides is 1. The number of rotatable bonds is 8. The maximum atomic E-state index is 12.3. The Balaban J connectivity index is 1.85. The van der Waals surface area contributed by atoms with Crippen molar-refractivity contribution in [1.29, 1.82) is 0 Å². The Hall–Kier alpha value is -1.63. The van der Waals surface area contributed by atoms with Gasteiger partial charge >= 0.3 is 0 Å². The number of carbonyl (C=O) groups excluding carboxylic acids is 1. The quantitative estimate of drug-likeness (QED) is 0.732. The molecule has 0 aliphatic carbocycles. The van der Waals surface area contributed by atoms with Gasteiger partial charge in [0.1, 0.15) is 12.4 Å². The lowest BCUT2D eigenvalue weighted by molar-refractivity contribution is -0.0855. The summed E-state index contributed by atoms with van der Waals surface area (Å²) in [4.78, 5) is 12.3. The summed E-state index contributed by atoms with van der Waals surface area (Å²) in [6.45, 7) is 5.60. The highest BCUT2D eigenvalue weighted by molar-refractivity contribution is 5.96. The van der Waals surface area contributed by atoms with Crippen LogP contribution in [0.25, 0.3) is 0 Å². The monoisotopic (exact) mass is 309 g/mol. The van der Waals surface area contributed by atoms with Crippen molar-refractivity contribution in [2.75, 3.05) is 46.2 Å². The molecular weight excluding hydrogens is 286 g/mol. The Morgan fingerprint density at radius 2 is 2.18 bits per heavy atom. The van der Waals surface area contributed by atoms with Crippen molar-refractivity contribution in [1.82, 2.24) is 5.32 Å². The van der Waals surface area contributed by atoms with Gasteiger partial charge in [0.05, 0.1) is 38.1 Å². The molecule has 0 aromatic heterocycles. The number of nitrogens with one attached hydrogen (secondary N) is 1. The van der Waals surface area contributed by atoms with E-state index in [9.17, 15) is 4.79 Å². The molecule has 1 aromatic carbocycles. The standard InChI is InChI=1S/C16H23NO5/c1-2-19-7-10-22-15-6-4-3-5-14(15)16(18)17-11-13-12-20-8-9-21-13/h3-6,13H,2,7-12H2,1H3,(H,17,18)/t13-/m1/s1. The molecular formula is C16H23NO5. The van der Waals surface area contributed by atoms with Gasteiger partial charge in [-0.05, 0) is 19.1 Å². The highest BCUT2D eigenvalue weighted by atomic mass is 16.6. The summed E-state index contributed by atoms with van der Waals surface area (Å²) in [7, 11) is 0. The fourth-order valence-corrected chi connectivity index (χ4v) is 2.09. The van der Waals surface area contributed by atoms with E-state index in [4.69, 9.17) is 18.9 Å². The van der Waals surface area contributed by atoms with Crippen molar-refractivity contribution in [3.63, 3.8) is 0 Å². The number of ether oxygens (including phenoxy) is 4. The van der Waals surface area contributed by atoms with Gasteiger partial charge in [0.2, 0.25) is 0 Å². The third-order valence-electron chi connectivity index (χ3n) is 3.20. The lowest BCUT2D eigenvalue weighted by Gasteiger charge is -2.23. The van der Waals surface area contributed by atoms with Gasteiger partial charge in [-0.3, -0.25) is 4.79 Å². The smallest absolute Gasteiger partial charge is 0.255 e. The third-order valence-corrected chi connectivity index (χ3v) is 3.20. The van der Waals surface area contributed by atoms with E-state index in [0.29, 0.717) is 57.5 Å². The Morgan fingerprint density at radius 3 is 2.95 bits per heavy atom. The zero-order valence-corrected chi connectivity index (χ0v) is 12.9. The van der Waals surface area contributed by atoms with Crippen LogP contribution < -0.4 is 10.1 Å². The normalized spacial score (nSPS) is 18.0. The number of para-hydroxylation sites is 1. The molecule has 22 heavy (non-hydrogen) atoms. The minimum Gasteiger partial charge on any atom is -0.490 e. The molecule has 0 bridgehead atoms. The molecule has 1 fully saturated rings. The van der Waals surface area contributed by atoms with Crippen LogP contribution in [0.2, 0.25) is 0 Å². The summed E-state index contributed by atoms with van der Waals surface area (Å²) >= 11 is 0. The van der Waals surface area contributed by atoms with E-state index in [1.54, 1.807) is 12.1 Å². The van der Waals surface area contributed by atoms with Crippen molar-refractivity contribution in [3.05, 3.63) is 29.8 Å².